The number of hydrogen-bond donors (Lipinski definition) is 0. The Kier molecular flexibility index (Phi) is 3.23. The molecule has 2 aromatic rings. The second-order valence-corrected chi connectivity index (χ2v) is 3.99. The lowest BCUT2D eigenvalue weighted by Gasteiger charge is -1.99. The van der Waals surface area contributed by atoms with Gasteiger partial charge in [0.1, 0.15) is 0 Å². The van der Waals surface area contributed by atoms with E-state index < -0.39 is 4.92 Å². The average molecular weight is 243 g/mol. The van der Waals surface area contributed by atoms with Gasteiger partial charge >= 0.3 is 0 Å². The van der Waals surface area contributed by atoms with Gasteiger partial charge in [-0.25, -0.2) is 0 Å². The van der Waals surface area contributed by atoms with E-state index in [2.05, 4.69) is 4.99 Å². The summed E-state index contributed by atoms with van der Waals surface area (Å²) in [4.78, 5) is 14.5. The quantitative estimate of drug-likeness (QED) is 0.472. The molecule has 0 aliphatic carbocycles. The Morgan fingerprint density at radius 1 is 1.33 bits per heavy atom. The van der Waals surface area contributed by atoms with Crippen molar-refractivity contribution in [2.24, 2.45) is 12.0 Å². The van der Waals surface area contributed by atoms with Gasteiger partial charge in [-0.05, 0) is 25.1 Å². The van der Waals surface area contributed by atoms with Crippen LogP contribution in [0.5, 0.6) is 0 Å². The summed E-state index contributed by atoms with van der Waals surface area (Å²) in [5.41, 5.74) is 2.71. The second kappa shape index (κ2) is 4.83. The van der Waals surface area contributed by atoms with Crippen molar-refractivity contribution >= 4 is 17.6 Å². The Bertz CT molecular complexity index is 614. The fraction of sp³-hybridized carbons (Fsp3) is 0.154. The highest BCUT2D eigenvalue weighted by molar-refractivity contribution is 5.80. The maximum absolute atomic E-state index is 10.6. The van der Waals surface area contributed by atoms with Crippen molar-refractivity contribution in [2.45, 2.75) is 6.92 Å². The lowest BCUT2D eigenvalue weighted by atomic mass is 10.3. The molecule has 0 aliphatic rings. The lowest BCUT2D eigenvalue weighted by Crippen LogP contribution is -1.96. The molecule has 92 valence electrons. The van der Waals surface area contributed by atoms with E-state index in [0.717, 1.165) is 11.4 Å². The summed E-state index contributed by atoms with van der Waals surface area (Å²) in [5.74, 6) is 0. The first kappa shape index (κ1) is 12.0. The third-order valence-electron chi connectivity index (χ3n) is 2.80. The monoisotopic (exact) mass is 243 g/mol. The minimum Gasteiger partial charge on any atom is -0.347 e. The highest BCUT2D eigenvalue weighted by atomic mass is 16.6. The zero-order valence-electron chi connectivity index (χ0n) is 10.2. The van der Waals surface area contributed by atoms with Gasteiger partial charge in [0.05, 0.1) is 22.5 Å². The molecular formula is C13H13N3O2. The second-order valence-electron chi connectivity index (χ2n) is 3.99. The fourth-order valence-corrected chi connectivity index (χ4v) is 1.59. The van der Waals surface area contributed by atoms with Crippen molar-refractivity contribution in [3.8, 4) is 0 Å². The largest absolute Gasteiger partial charge is 0.347 e. The van der Waals surface area contributed by atoms with Crippen LogP contribution in [0.2, 0.25) is 0 Å². The predicted octanol–water partition coefficient (Wildman–Crippen LogP) is 2.99. The molecule has 0 saturated heterocycles. The molecule has 0 atom stereocenters. The summed E-state index contributed by atoms with van der Waals surface area (Å²) >= 11 is 0. The molecule has 0 spiro atoms. The molecule has 1 heterocycles. The van der Waals surface area contributed by atoms with Gasteiger partial charge in [-0.15, -0.1) is 0 Å². The molecule has 0 amide bonds. The maximum atomic E-state index is 10.6. The topological polar surface area (TPSA) is 60.4 Å². The van der Waals surface area contributed by atoms with Gasteiger partial charge in [0.2, 0.25) is 0 Å². The number of benzene rings is 1. The van der Waals surface area contributed by atoms with Gasteiger partial charge in [-0.3, -0.25) is 15.1 Å². The molecule has 0 radical (unpaired) electrons. The molecule has 2 rings (SSSR count). The van der Waals surface area contributed by atoms with E-state index in [9.17, 15) is 10.1 Å². The molecule has 1 aromatic carbocycles. The predicted molar refractivity (Wildman–Crippen MR) is 70.5 cm³/mol. The van der Waals surface area contributed by atoms with Crippen LogP contribution in [0.3, 0.4) is 0 Å². The van der Waals surface area contributed by atoms with E-state index in [4.69, 9.17) is 0 Å². The summed E-state index contributed by atoms with van der Waals surface area (Å²) in [7, 11) is 1.95. The highest BCUT2D eigenvalue weighted by Crippen LogP contribution is 2.19. The molecule has 0 unspecified atom stereocenters. The molecule has 0 N–H and O–H groups in total. The van der Waals surface area contributed by atoms with E-state index in [0.29, 0.717) is 5.69 Å². The number of aryl methyl sites for hydroxylation is 1. The smallest absolute Gasteiger partial charge is 0.271 e. The molecule has 5 nitrogen and oxygen atoms in total. The van der Waals surface area contributed by atoms with Gasteiger partial charge in [-0.1, -0.05) is 6.07 Å². The molecule has 5 heteroatoms. The van der Waals surface area contributed by atoms with Gasteiger partial charge in [0, 0.05) is 24.9 Å². The molecular weight excluding hydrogens is 230 g/mol. The van der Waals surface area contributed by atoms with E-state index in [1.165, 1.54) is 12.1 Å². The average Bonchev–Trinajstić information content (AvgIpc) is 2.68. The lowest BCUT2D eigenvalue weighted by molar-refractivity contribution is -0.384. The number of nitro groups is 1. The fourth-order valence-electron chi connectivity index (χ4n) is 1.59. The van der Waals surface area contributed by atoms with Crippen molar-refractivity contribution in [1.29, 1.82) is 0 Å². The Labute approximate surface area is 105 Å². The van der Waals surface area contributed by atoms with E-state index in [1.807, 2.05) is 30.7 Å². The first-order valence-electron chi connectivity index (χ1n) is 5.49. The SMILES string of the molecule is Cc1ccc(C=Nc2cccc([N+](=O)[O-])c2)n1C. The van der Waals surface area contributed by atoms with Crippen LogP contribution in [0.1, 0.15) is 11.4 Å². The van der Waals surface area contributed by atoms with Crippen LogP contribution in [0.25, 0.3) is 0 Å². The minimum atomic E-state index is -0.425. The van der Waals surface area contributed by atoms with Crippen LogP contribution in [0.15, 0.2) is 41.4 Å². The number of nitrogens with zero attached hydrogens (tertiary/aromatic N) is 3. The number of hydrogen-bond acceptors (Lipinski definition) is 3. The summed E-state index contributed by atoms with van der Waals surface area (Å²) in [6.07, 6.45) is 1.70. The summed E-state index contributed by atoms with van der Waals surface area (Å²) in [6.45, 7) is 2.00. The molecule has 0 saturated carbocycles. The standard InChI is InChI=1S/C13H13N3O2/c1-10-6-7-13(15(10)2)9-14-11-4-3-5-12(8-11)16(17)18/h3-9H,1-2H3. The molecule has 0 aliphatic heterocycles. The van der Waals surface area contributed by atoms with Crippen molar-refractivity contribution in [2.75, 3.05) is 0 Å². The number of nitro benzene ring substituents is 1. The Morgan fingerprint density at radius 2 is 2.11 bits per heavy atom. The van der Waals surface area contributed by atoms with Crippen molar-refractivity contribution in [1.82, 2.24) is 4.57 Å². The van der Waals surface area contributed by atoms with Crippen molar-refractivity contribution < 1.29 is 4.92 Å². The number of rotatable bonds is 3. The first-order chi connectivity index (χ1) is 8.58. The Balaban J connectivity index is 2.26. The van der Waals surface area contributed by atoms with Crippen LogP contribution in [-0.4, -0.2) is 15.7 Å². The molecule has 1 aromatic heterocycles. The number of aromatic nitrogens is 1. The van der Waals surface area contributed by atoms with E-state index in [-0.39, 0.29) is 5.69 Å². The molecule has 0 bridgehead atoms. The van der Waals surface area contributed by atoms with Crippen LogP contribution in [0.4, 0.5) is 11.4 Å². The van der Waals surface area contributed by atoms with Gasteiger partial charge < -0.3 is 4.57 Å². The molecule has 18 heavy (non-hydrogen) atoms. The van der Waals surface area contributed by atoms with Crippen molar-refractivity contribution in [3.05, 3.63) is 57.9 Å². The van der Waals surface area contributed by atoms with Gasteiger partial charge in [0.25, 0.3) is 5.69 Å². The maximum Gasteiger partial charge on any atom is 0.271 e. The first-order valence-corrected chi connectivity index (χ1v) is 5.49. The van der Waals surface area contributed by atoms with Crippen LogP contribution >= 0.6 is 0 Å². The minimum absolute atomic E-state index is 0.0488. The number of non-ortho nitro benzene ring substituents is 1. The summed E-state index contributed by atoms with van der Waals surface area (Å²) < 4.78 is 2.00. The number of aliphatic imine (C=N–C) groups is 1. The van der Waals surface area contributed by atoms with Crippen LogP contribution in [-0.2, 0) is 7.05 Å². The summed E-state index contributed by atoms with van der Waals surface area (Å²) in [6, 6.07) is 10.2. The van der Waals surface area contributed by atoms with Gasteiger partial charge in [-0.2, -0.15) is 0 Å². The zero-order chi connectivity index (χ0) is 13.1. The highest BCUT2D eigenvalue weighted by Gasteiger charge is 2.04. The third-order valence-corrected chi connectivity index (χ3v) is 2.80. The zero-order valence-corrected chi connectivity index (χ0v) is 10.2. The Morgan fingerprint density at radius 3 is 2.72 bits per heavy atom. The third kappa shape index (κ3) is 2.45. The van der Waals surface area contributed by atoms with E-state index in [1.54, 1.807) is 18.3 Å². The van der Waals surface area contributed by atoms with Crippen molar-refractivity contribution in [3.63, 3.8) is 0 Å². The molecule has 0 fully saturated rings. The Hall–Kier alpha value is -2.43. The normalized spacial score (nSPS) is 11.0. The summed E-state index contributed by atoms with van der Waals surface area (Å²) in [5, 5.41) is 10.6. The van der Waals surface area contributed by atoms with Crippen LogP contribution in [0, 0.1) is 17.0 Å². The van der Waals surface area contributed by atoms with E-state index >= 15 is 0 Å². The van der Waals surface area contributed by atoms with Gasteiger partial charge in [0.15, 0.2) is 0 Å². The van der Waals surface area contributed by atoms with Crippen LogP contribution < -0.4 is 0 Å².